The van der Waals surface area contributed by atoms with E-state index in [0.717, 1.165) is 25.9 Å². The number of aromatic amines is 1. The molecule has 6 heteroatoms. The molecule has 0 bridgehead atoms. The first-order chi connectivity index (χ1) is 10.1. The highest BCUT2D eigenvalue weighted by molar-refractivity contribution is 5.92. The highest BCUT2D eigenvalue weighted by Crippen LogP contribution is 2.17. The van der Waals surface area contributed by atoms with E-state index >= 15 is 0 Å². The van der Waals surface area contributed by atoms with Gasteiger partial charge in [-0.3, -0.25) is 9.59 Å². The van der Waals surface area contributed by atoms with E-state index in [-0.39, 0.29) is 18.1 Å². The van der Waals surface area contributed by atoms with Gasteiger partial charge in [0.2, 0.25) is 5.56 Å². The molecule has 2 N–H and O–H groups in total. The van der Waals surface area contributed by atoms with Crippen molar-refractivity contribution >= 4 is 5.91 Å². The maximum absolute atomic E-state index is 12.3. The molecule has 1 aliphatic heterocycles. The third-order valence-electron chi connectivity index (χ3n) is 3.90. The SMILES string of the molecule is CN(CC1CCCN(CCO)C1)C(=O)c1cccc(=O)[nH]1. The zero-order valence-corrected chi connectivity index (χ0v) is 12.4. The summed E-state index contributed by atoms with van der Waals surface area (Å²) in [6, 6.07) is 4.60. The molecule has 116 valence electrons. The number of H-pyrrole nitrogens is 1. The molecule has 1 unspecified atom stereocenters. The maximum atomic E-state index is 12.3. The highest BCUT2D eigenvalue weighted by Gasteiger charge is 2.23. The van der Waals surface area contributed by atoms with Gasteiger partial charge in [-0.05, 0) is 31.4 Å². The maximum Gasteiger partial charge on any atom is 0.270 e. The van der Waals surface area contributed by atoms with Crippen LogP contribution >= 0.6 is 0 Å². The predicted molar refractivity (Wildman–Crippen MR) is 80.3 cm³/mol. The zero-order valence-electron chi connectivity index (χ0n) is 12.4. The third-order valence-corrected chi connectivity index (χ3v) is 3.90. The third kappa shape index (κ3) is 4.41. The summed E-state index contributed by atoms with van der Waals surface area (Å²) in [7, 11) is 1.76. The Labute approximate surface area is 124 Å². The first kappa shape index (κ1) is 15.7. The fourth-order valence-electron chi connectivity index (χ4n) is 2.89. The molecule has 1 amide bonds. The molecule has 2 rings (SSSR count). The molecule has 1 atom stereocenters. The Kier molecular flexibility index (Phi) is 5.52. The molecule has 0 spiro atoms. The van der Waals surface area contributed by atoms with Crippen molar-refractivity contribution in [2.24, 2.45) is 5.92 Å². The monoisotopic (exact) mass is 293 g/mol. The number of hydrogen-bond acceptors (Lipinski definition) is 4. The van der Waals surface area contributed by atoms with Crippen LogP contribution in [0.25, 0.3) is 0 Å². The Bertz CT molecular complexity index is 527. The van der Waals surface area contributed by atoms with Crippen molar-refractivity contribution < 1.29 is 9.90 Å². The van der Waals surface area contributed by atoms with Crippen LogP contribution in [0.2, 0.25) is 0 Å². The molecule has 1 saturated heterocycles. The summed E-state index contributed by atoms with van der Waals surface area (Å²) < 4.78 is 0. The van der Waals surface area contributed by atoms with E-state index in [0.29, 0.717) is 24.7 Å². The summed E-state index contributed by atoms with van der Waals surface area (Å²) in [6.45, 7) is 3.45. The van der Waals surface area contributed by atoms with Gasteiger partial charge in [0, 0.05) is 32.7 Å². The van der Waals surface area contributed by atoms with Crippen LogP contribution in [0.5, 0.6) is 0 Å². The quantitative estimate of drug-likeness (QED) is 0.810. The Morgan fingerprint density at radius 3 is 3.05 bits per heavy atom. The smallest absolute Gasteiger partial charge is 0.270 e. The number of rotatable bonds is 5. The lowest BCUT2D eigenvalue weighted by Crippen LogP contribution is -2.42. The Balaban J connectivity index is 1.93. The lowest BCUT2D eigenvalue weighted by Gasteiger charge is -2.34. The number of nitrogens with zero attached hydrogens (tertiary/aromatic N) is 2. The topological polar surface area (TPSA) is 76.6 Å². The molecule has 0 radical (unpaired) electrons. The Hall–Kier alpha value is -1.66. The van der Waals surface area contributed by atoms with Crippen molar-refractivity contribution in [2.75, 3.05) is 39.8 Å². The van der Waals surface area contributed by atoms with Crippen molar-refractivity contribution in [2.45, 2.75) is 12.8 Å². The van der Waals surface area contributed by atoms with Crippen LogP contribution in [0.15, 0.2) is 23.0 Å². The molecule has 0 aliphatic carbocycles. The average Bonchev–Trinajstić information content (AvgIpc) is 2.47. The van der Waals surface area contributed by atoms with E-state index in [4.69, 9.17) is 5.11 Å². The van der Waals surface area contributed by atoms with Crippen LogP contribution < -0.4 is 5.56 Å². The number of likely N-dealkylation sites (tertiary alicyclic amines) is 1. The minimum Gasteiger partial charge on any atom is -0.395 e. The number of pyridine rings is 1. The summed E-state index contributed by atoms with van der Waals surface area (Å²) >= 11 is 0. The number of carbonyl (C=O) groups excluding carboxylic acids is 1. The van der Waals surface area contributed by atoms with Gasteiger partial charge >= 0.3 is 0 Å². The van der Waals surface area contributed by atoms with Gasteiger partial charge in [0.25, 0.3) is 5.91 Å². The molecular formula is C15H23N3O3. The van der Waals surface area contributed by atoms with E-state index in [2.05, 4.69) is 9.88 Å². The van der Waals surface area contributed by atoms with Crippen LogP contribution in [-0.4, -0.2) is 65.6 Å². The first-order valence-corrected chi connectivity index (χ1v) is 7.38. The summed E-state index contributed by atoms with van der Waals surface area (Å²) in [4.78, 5) is 30.0. The Morgan fingerprint density at radius 1 is 1.52 bits per heavy atom. The fraction of sp³-hybridized carbons (Fsp3) is 0.600. The van der Waals surface area contributed by atoms with Crippen molar-refractivity contribution in [1.29, 1.82) is 0 Å². The standard InChI is InChI=1S/C15H23N3O3/c1-17(15(21)13-5-2-6-14(20)16-13)10-12-4-3-7-18(11-12)8-9-19/h2,5-6,12,19H,3-4,7-11H2,1H3,(H,16,20). The van der Waals surface area contributed by atoms with E-state index in [1.54, 1.807) is 24.1 Å². The van der Waals surface area contributed by atoms with Gasteiger partial charge < -0.3 is 19.9 Å². The molecule has 1 aromatic heterocycles. The lowest BCUT2D eigenvalue weighted by atomic mass is 9.97. The van der Waals surface area contributed by atoms with E-state index in [9.17, 15) is 9.59 Å². The molecule has 0 saturated carbocycles. The van der Waals surface area contributed by atoms with Crippen molar-refractivity contribution in [3.63, 3.8) is 0 Å². The van der Waals surface area contributed by atoms with Gasteiger partial charge in [0.15, 0.2) is 0 Å². The highest BCUT2D eigenvalue weighted by atomic mass is 16.3. The molecule has 0 aromatic carbocycles. The van der Waals surface area contributed by atoms with Crippen molar-refractivity contribution in [3.05, 3.63) is 34.2 Å². The largest absolute Gasteiger partial charge is 0.395 e. The van der Waals surface area contributed by atoms with Gasteiger partial charge in [-0.2, -0.15) is 0 Å². The van der Waals surface area contributed by atoms with Gasteiger partial charge in [0.1, 0.15) is 5.69 Å². The van der Waals surface area contributed by atoms with Gasteiger partial charge in [-0.15, -0.1) is 0 Å². The minimum absolute atomic E-state index is 0.160. The number of β-amino-alcohol motifs (C(OH)–C–C–N with tert-alkyl or cyclic N) is 1. The number of amides is 1. The normalized spacial score (nSPS) is 19.4. The number of hydrogen-bond donors (Lipinski definition) is 2. The van der Waals surface area contributed by atoms with Gasteiger partial charge in [0.05, 0.1) is 6.61 Å². The first-order valence-electron chi connectivity index (χ1n) is 7.38. The summed E-state index contributed by atoms with van der Waals surface area (Å²) in [5.74, 6) is 0.252. The van der Waals surface area contributed by atoms with Crippen LogP contribution in [-0.2, 0) is 0 Å². The van der Waals surface area contributed by atoms with E-state index < -0.39 is 0 Å². The number of piperidine rings is 1. The van der Waals surface area contributed by atoms with Gasteiger partial charge in [-0.1, -0.05) is 6.07 Å². The number of carbonyl (C=O) groups is 1. The Morgan fingerprint density at radius 2 is 2.33 bits per heavy atom. The molecule has 1 fully saturated rings. The molecule has 2 heterocycles. The molecule has 1 aromatic rings. The summed E-state index contributed by atoms with van der Waals surface area (Å²) in [5.41, 5.74) is 0.0639. The average molecular weight is 293 g/mol. The number of aliphatic hydroxyl groups excluding tert-OH is 1. The number of aliphatic hydroxyl groups is 1. The van der Waals surface area contributed by atoms with E-state index in [1.165, 1.54) is 6.07 Å². The van der Waals surface area contributed by atoms with Crippen molar-refractivity contribution in [3.8, 4) is 0 Å². The number of nitrogens with one attached hydrogen (secondary N) is 1. The second-order valence-corrected chi connectivity index (χ2v) is 5.65. The molecular weight excluding hydrogens is 270 g/mol. The van der Waals surface area contributed by atoms with Crippen LogP contribution in [0.1, 0.15) is 23.3 Å². The summed E-state index contributed by atoms with van der Waals surface area (Å²) in [6.07, 6.45) is 2.18. The number of aromatic nitrogens is 1. The lowest BCUT2D eigenvalue weighted by molar-refractivity contribution is 0.0711. The fourth-order valence-corrected chi connectivity index (χ4v) is 2.89. The second-order valence-electron chi connectivity index (χ2n) is 5.65. The van der Waals surface area contributed by atoms with E-state index in [1.807, 2.05) is 0 Å². The van der Waals surface area contributed by atoms with Gasteiger partial charge in [-0.25, -0.2) is 0 Å². The zero-order chi connectivity index (χ0) is 15.2. The van der Waals surface area contributed by atoms with Crippen LogP contribution in [0.3, 0.4) is 0 Å². The molecule has 6 nitrogen and oxygen atoms in total. The summed E-state index contributed by atoms with van der Waals surface area (Å²) in [5, 5.41) is 9.01. The molecule has 21 heavy (non-hydrogen) atoms. The van der Waals surface area contributed by atoms with Crippen LogP contribution in [0, 0.1) is 5.92 Å². The van der Waals surface area contributed by atoms with Crippen molar-refractivity contribution in [1.82, 2.24) is 14.8 Å². The minimum atomic E-state index is -0.263. The predicted octanol–water partition coefficient (Wildman–Crippen LogP) is 0.151. The van der Waals surface area contributed by atoms with Crippen LogP contribution in [0.4, 0.5) is 0 Å². The molecule has 1 aliphatic rings. The second kappa shape index (κ2) is 7.38.